The van der Waals surface area contributed by atoms with E-state index in [1.165, 1.54) is 18.6 Å². The fourth-order valence-electron chi connectivity index (χ4n) is 2.56. The van der Waals surface area contributed by atoms with E-state index in [-0.39, 0.29) is 5.69 Å². The van der Waals surface area contributed by atoms with Crippen LogP contribution in [0.15, 0.2) is 12.1 Å². The molecule has 1 saturated heterocycles. The summed E-state index contributed by atoms with van der Waals surface area (Å²) in [7, 11) is 1.33. The fourth-order valence-corrected chi connectivity index (χ4v) is 3.36. The van der Waals surface area contributed by atoms with Crippen molar-refractivity contribution in [2.24, 2.45) is 0 Å². The number of aryl methyl sites for hydroxylation is 1. The van der Waals surface area contributed by atoms with E-state index in [1.54, 1.807) is 6.07 Å². The average molecular weight is 348 g/mol. The van der Waals surface area contributed by atoms with Gasteiger partial charge in [0.15, 0.2) is 11.5 Å². The smallest absolute Gasteiger partial charge is 0.358 e. The highest BCUT2D eigenvalue weighted by molar-refractivity contribution is 7.09. The van der Waals surface area contributed by atoms with E-state index in [2.05, 4.69) is 41.0 Å². The second-order valence-corrected chi connectivity index (χ2v) is 6.17. The Kier molecular flexibility index (Phi) is 5.19. The minimum atomic E-state index is -0.473. The molecule has 0 spiro atoms. The molecule has 1 aliphatic rings. The molecule has 1 aliphatic heterocycles. The molecule has 0 atom stereocenters. The Morgan fingerprint density at radius 1 is 1.21 bits per heavy atom. The highest BCUT2D eigenvalue weighted by Gasteiger charge is 2.19. The first-order chi connectivity index (χ1) is 11.7. The summed E-state index contributed by atoms with van der Waals surface area (Å²) in [6.45, 7) is 5.59. The highest BCUT2D eigenvalue weighted by Crippen LogP contribution is 2.21. The zero-order valence-corrected chi connectivity index (χ0v) is 14.6. The lowest BCUT2D eigenvalue weighted by molar-refractivity contribution is 0.0592. The lowest BCUT2D eigenvalue weighted by atomic mass is 10.3. The third-order valence-corrected chi connectivity index (χ3v) is 4.72. The summed E-state index contributed by atoms with van der Waals surface area (Å²) >= 11 is 1.46. The first-order valence-electron chi connectivity index (χ1n) is 7.95. The summed E-state index contributed by atoms with van der Waals surface area (Å²) in [5.74, 6) is 1.20. The van der Waals surface area contributed by atoms with Crippen LogP contribution in [0.4, 0.5) is 10.9 Å². The van der Waals surface area contributed by atoms with Crippen LogP contribution in [0.5, 0.6) is 0 Å². The predicted octanol–water partition coefficient (Wildman–Crippen LogP) is 1.39. The zero-order valence-electron chi connectivity index (χ0n) is 13.8. The second kappa shape index (κ2) is 7.52. The topological polar surface area (TPSA) is 84.3 Å². The van der Waals surface area contributed by atoms with Crippen LogP contribution in [0.3, 0.4) is 0 Å². The molecule has 0 radical (unpaired) electrons. The predicted molar refractivity (Wildman–Crippen MR) is 91.7 cm³/mol. The van der Waals surface area contributed by atoms with Gasteiger partial charge in [0, 0.05) is 44.1 Å². The van der Waals surface area contributed by atoms with Gasteiger partial charge in [-0.15, -0.1) is 10.2 Å². The van der Waals surface area contributed by atoms with Gasteiger partial charge in [0.05, 0.1) is 7.11 Å². The van der Waals surface area contributed by atoms with Gasteiger partial charge in [-0.2, -0.15) is 4.37 Å². The van der Waals surface area contributed by atoms with E-state index < -0.39 is 5.97 Å². The Bertz CT molecular complexity index is 690. The van der Waals surface area contributed by atoms with E-state index >= 15 is 0 Å². The van der Waals surface area contributed by atoms with Crippen LogP contribution in [-0.4, -0.2) is 58.8 Å². The SMILES string of the molecule is CCc1nsc(N2CCCN(c3ccc(C(=O)OC)nn3)CC2)n1. The summed E-state index contributed by atoms with van der Waals surface area (Å²) in [5.41, 5.74) is 0.221. The van der Waals surface area contributed by atoms with Crippen LogP contribution in [0.2, 0.25) is 0 Å². The van der Waals surface area contributed by atoms with Crippen LogP contribution in [-0.2, 0) is 11.2 Å². The molecule has 128 valence electrons. The standard InChI is InChI=1S/C15H20N6O2S/c1-3-12-16-15(24-19-12)21-8-4-7-20(9-10-21)13-6-5-11(17-18-13)14(22)23-2/h5-6H,3-4,7-10H2,1-2H3. The number of esters is 1. The maximum absolute atomic E-state index is 11.4. The van der Waals surface area contributed by atoms with Crippen molar-refractivity contribution in [2.45, 2.75) is 19.8 Å². The minimum Gasteiger partial charge on any atom is -0.464 e. The van der Waals surface area contributed by atoms with E-state index in [1.807, 2.05) is 6.07 Å². The fraction of sp³-hybridized carbons (Fsp3) is 0.533. The van der Waals surface area contributed by atoms with Gasteiger partial charge in [0.1, 0.15) is 5.82 Å². The largest absolute Gasteiger partial charge is 0.464 e. The van der Waals surface area contributed by atoms with Gasteiger partial charge >= 0.3 is 5.97 Å². The third kappa shape index (κ3) is 3.61. The number of carbonyl (C=O) groups excluding carboxylic acids is 1. The molecule has 0 amide bonds. The molecule has 0 aliphatic carbocycles. The molecule has 0 saturated carbocycles. The third-order valence-electron chi connectivity index (χ3n) is 3.91. The van der Waals surface area contributed by atoms with Crippen LogP contribution in [0, 0.1) is 0 Å². The van der Waals surface area contributed by atoms with Gasteiger partial charge in [0.25, 0.3) is 0 Å². The lowest BCUT2D eigenvalue weighted by Gasteiger charge is -2.21. The van der Waals surface area contributed by atoms with Gasteiger partial charge in [-0.25, -0.2) is 9.78 Å². The number of nitrogens with zero attached hydrogens (tertiary/aromatic N) is 6. The molecule has 3 rings (SSSR count). The monoisotopic (exact) mass is 348 g/mol. The second-order valence-electron chi connectivity index (χ2n) is 5.44. The molecular weight excluding hydrogens is 328 g/mol. The van der Waals surface area contributed by atoms with Gasteiger partial charge in [-0.3, -0.25) is 0 Å². The highest BCUT2D eigenvalue weighted by atomic mass is 32.1. The Balaban J connectivity index is 1.65. The van der Waals surface area contributed by atoms with Crippen LogP contribution in [0.25, 0.3) is 0 Å². The molecule has 0 bridgehead atoms. The molecular formula is C15H20N6O2S. The number of aromatic nitrogens is 4. The average Bonchev–Trinajstić information content (AvgIpc) is 2.98. The summed E-state index contributed by atoms with van der Waals surface area (Å²) < 4.78 is 9.00. The first kappa shape index (κ1) is 16.6. The molecule has 9 heteroatoms. The summed E-state index contributed by atoms with van der Waals surface area (Å²) in [4.78, 5) is 20.4. The van der Waals surface area contributed by atoms with E-state index in [0.29, 0.717) is 0 Å². The molecule has 3 heterocycles. The first-order valence-corrected chi connectivity index (χ1v) is 8.73. The van der Waals surface area contributed by atoms with Gasteiger partial charge < -0.3 is 14.5 Å². The van der Waals surface area contributed by atoms with Crippen LogP contribution < -0.4 is 9.80 Å². The van der Waals surface area contributed by atoms with Crippen LogP contribution >= 0.6 is 11.5 Å². The van der Waals surface area contributed by atoms with Crippen molar-refractivity contribution >= 4 is 28.5 Å². The molecule has 0 aromatic carbocycles. The van der Waals surface area contributed by atoms with Gasteiger partial charge in [-0.1, -0.05) is 6.92 Å². The summed E-state index contributed by atoms with van der Waals surface area (Å²) in [6, 6.07) is 3.46. The number of ether oxygens (including phenoxy) is 1. The van der Waals surface area contributed by atoms with Crippen molar-refractivity contribution in [1.82, 2.24) is 19.6 Å². The van der Waals surface area contributed by atoms with Crippen molar-refractivity contribution in [1.29, 1.82) is 0 Å². The lowest BCUT2D eigenvalue weighted by Crippen LogP contribution is -2.31. The zero-order chi connectivity index (χ0) is 16.9. The van der Waals surface area contributed by atoms with Gasteiger partial charge in [-0.05, 0) is 18.6 Å². The minimum absolute atomic E-state index is 0.221. The van der Waals surface area contributed by atoms with Crippen molar-refractivity contribution < 1.29 is 9.53 Å². The molecule has 8 nitrogen and oxygen atoms in total. The van der Waals surface area contributed by atoms with E-state index in [4.69, 9.17) is 0 Å². The molecule has 2 aromatic rings. The van der Waals surface area contributed by atoms with E-state index in [0.717, 1.165) is 55.8 Å². The Morgan fingerprint density at radius 2 is 2.00 bits per heavy atom. The number of anilines is 2. The van der Waals surface area contributed by atoms with Crippen molar-refractivity contribution in [3.63, 3.8) is 0 Å². The van der Waals surface area contributed by atoms with E-state index in [9.17, 15) is 4.79 Å². The summed E-state index contributed by atoms with van der Waals surface area (Å²) in [6.07, 6.45) is 1.86. The maximum atomic E-state index is 11.4. The number of hydrogen-bond donors (Lipinski definition) is 0. The number of rotatable bonds is 4. The number of hydrogen-bond acceptors (Lipinski definition) is 9. The van der Waals surface area contributed by atoms with Crippen molar-refractivity contribution in [2.75, 3.05) is 43.1 Å². The molecule has 0 N–H and O–H groups in total. The Labute approximate surface area is 144 Å². The molecule has 2 aromatic heterocycles. The quantitative estimate of drug-likeness (QED) is 0.767. The van der Waals surface area contributed by atoms with Crippen LogP contribution in [0.1, 0.15) is 29.7 Å². The van der Waals surface area contributed by atoms with Crippen molar-refractivity contribution in [3.8, 4) is 0 Å². The summed E-state index contributed by atoms with van der Waals surface area (Å²) in [5, 5.41) is 9.09. The Morgan fingerprint density at radius 3 is 2.67 bits per heavy atom. The van der Waals surface area contributed by atoms with Gasteiger partial charge in [0.2, 0.25) is 5.13 Å². The number of methoxy groups -OCH3 is 1. The Hall–Kier alpha value is -2.29. The molecule has 1 fully saturated rings. The number of carbonyl (C=O) groups is 1. The molecule has 0 unspecified atom stereocenters. The molecule has 24 heavy (non-hydrogen) atoms. The maximum Gasteiger partial charge on any atom is 0.358 e. The normalized spacial score (nSPS) is 15.2. The van der Waals surface area contributed by atoms with Crippen molar-refractivity contribution in [3.05, 3.63) is 23.7 Å².